The van der Waals surface area contributed by atoms with E-state index >= 15 is 0 Å². The highest BCUT2D eigenvalue weighted by Gasteiger charge is 2.04. The second-order valence-electron chi connectivity index (χ2n) is 3.95. The van der Waals surface area contributed by atoms with Crippen LogP contribution in [0.2, 0.25) is 0 Å². The fourth-order valence-electron chi connectivity index (χ4n) is 1.65. The molecule has 0 radical (unpaired) electrons. The molecule has 0 aromatic heterocycles. The second-order valence-corrected chi connectivity index (χ2v) is 3.95. The summed E-state index contributed by atoms with van der Waals surface area (Å²) in [4.78, 5) is 0. The minimum absolute atomic E-state index is 0.565. The molecule has 3 heteroatoms. The van der Waals surface area contributed by atoms with Crippen LogP contribution in [0.15, 0.2) is 24.3 Å². The third-order valence-electron chi connectivity index (χ3n) is 2.85. The average Bonchev–Trinajstić information content (AvgIpc) is 2.35. The van der Waals surface area contributed by atoms with Gasteiger partial charge in [-0.15, -0.1) is 0 Å². The van der Waals surface area contributed by atoms with Crippen LogP contribution in [0.3, 0.4) is 0 Å². The Morgan fingerprint density at radius 2 is 2.12 bits per heavy atom. The third-order valence-corrected chi connectivity index (χ3v) is 2.85. The number of benzene rings is 1. The van der Waals surface area contributed by atoms with Crippen LogP contribution in [-0.4, -0.2) is 20.2 Å². The molecule has 1 atom stereocenters. The van der Waals surface area contributed by atoms with E-state index in [1.165, 1.54) is 5.56 Å². The number of ether oxygens (including phenoxy) is 1. The van der Waals surface area contributed by atoms with Gasteiger partial charge in [-0.2, -0.15) is 0 Å². The minimum atomic E-state index is 0.565. The van der Waals surface area contributed by atoms with Gasteiger partial charge in [-0.05, 0) is 25.1 Å². The standard InChI is InChI=1S/C13H22N2O/c1-3-11(8-14)9-15-10-12-6-4-5-7-13(12)16-2/h4-7,11,15H,3,8-10,14H2,1-2H3. The number of hydrogen-bond acceptors (Lipinski definition) is 3. The number of nitrogens with two attached hydrogens (primary N) is 1. The number of nitrogens with one attached hydrogen (secondary N) is 1. The minimum Gasteiger partial charge on any atom is -0.496 e. The first-order chi connectivity index (χ1) is 7.81. The van der Waals surface area contributed by atoms with E-state index in [1.807, 2.05) is 18.2 Å². The molecule has 90 valence electrons. The highest BCUT2D eigenvalue weighted by molar-refractivity contribution is 5.32. The molecule has 3 N–H and O–H groups in total. The van der Waals surface area contributed by atoms with Crippen molar-refractivity contribution in [1.29, 1.82) is 0 Å². The fraction of sp³-hybridized carbons (Fsp3) is 0.538. The van der Waals surface area contributed by atoms with Crippen LogP contribution < -0.4 is 15.8 Å². The topological polar surface area (TPSA) is 47.3 Å². The summed E-state index contributed by atoms with van der Waals surface area (Å²) in [6.07, 6.45) is 1.12. The molecule has 0 bridgehead atoms. The lowest BCUT2D eigenvalue weighted by Gasteiger charge is -2.14. The van der Waals surface area contributed by atoms with Crippen LogP contribution in [0.4, 0.5) is 0 Å². The molecule has 0 saturated carbocycles. The molecule has 0 fully saturated rings. The Labute approximate surface area is 98.0 Å². The Bertz CT molecular complexity index is 298. The van der Waals surface area contributed by atoms with E-state index in [2.05, 4.69) is 18.3 Å². The van der Waals surface area contributed by atoms with Gasteiger partial charge in [0.1, 0.15) is 5.75 Å². The molecule has 0 aliphatic carbocycles. The van der Waals surface area contributed by atoms with E-state index in [0.29, 0.717) is 5.92 Å². The van der Waals surface area contributed by atoms with E-state index in [9.17, 15) is 0 Å². The van der Waals surface area contributed by atoms with Crippen LogP contribution in [-0.2, 0) is 6.54 Å². The van der Waals surface area contributed by atoms with Crippen LogP contribution >= 0.6 is 0 Å². The number of hydrogen-bond donors (Lipinski definition) is 2. The molecule has 1 aromatic carbocycles. The summed E-state index contributed by atoms with van der Waals surface area (Å²) in [5.74, 6) is 1.51. The van der Waals surface area contributed by atoms with Crippen LogP contribution in [0, 0.1) is 5.92 Å². The maximum atomic E-state index is 5.65. The molecular formula is C13H22N2O. The second kappa shape index (κ2) is 7.25. The normalized spacial score (nSPS) is 12.4. The van der Waals surface area contributed by atoms with Gasteiger partial charge in [-0.3, -0.25) is 0 Å². The zero-order valence-electron chi connectivity index (χ0n) is 10.2. The average molecular weight is 222 g/mol. The summed E-state index contributed by atoms with van der Waals surface area (Å²) in [6, 6.07) is 8.07. The summed E-state index contributed by atoms with van der Waals surface area (Å²) in [6.45, 7) is 4.71. The number of methoxy groups -OCH3 is 1. The first kappa shape index (κ1) is 13.0. The maximum Gasteiger partial charge on any atom is 0.123 e. The van der Waals surface area contributed by atoms with Gasteiger partial charge in [0.05, 0.1) is 7.11 Å². The summed E-state index contributed by atoms with van der Waals surface area (Å²) in [7, 11) is 1.70. The van der Waals surface area contributed by atoms with Crippen molar-refractivity contribution in [2.75, 3.05) is 20.2 Å². The Morgan fingerprint density at radius 1 is 1.38 bits per heavy atom. The largest absolute Gasteiger partial charge is 0.496 e. The zero-order chi connectivity index (χ0) is 11.8. The highest BCUT2D eigenvalue weighted by Crippen LogP contribution is 2.16. The van der Waals surface area contributed by atoms with Crippen molar-refractivity contribution < 1.29 is 4.74 Å². The maximum absolute atomic E-state index is 5.65. The lowest BCUT2D eigenvalue weighted by molar-refractivity contribution is 0.404. The molecule has 3 nitrogen and oxygen atoms in total. The van der Waals surface area contributed by atoms with Crippen molar-refractivity contribution in [3.8, 4) is 5.75 Å². The Kier molecular flexibility index (Phi) is 5.90. The van der Waals surface area contributed by atoms with Crippen molar-refractivity contribution >= 4 is 0 Å². The van der Waals surface area contributed by atoms with Gasteiger partial charge in [0.15, 0.2) is 0 Å². The molecule has 0 aliphatic rings. The number of rotatable bonds is 7. The summed E-state index contributed by atoms with van der Waals surface area (Å²) >= 11 is 0. The Hall–Kier alpha value is -1.06. The predicted molar refractivity (Wildman–Crippen MR) is 67.5 cm³/mol. The van der Waals surface area contributed by atoms with Gasteiger partial charge < -0.3 is 15.8 Å². The van der Waals surface area contributed by atoms with Crippen molar-refractivity contribution in [2.24, 2.45) is 11.7 Å². The summed E-state index contributed by atoms with van der Waals surface area (Å²) < 4.78 is 5.29. The first-order valence-electron chi connectivity index (χ1n) is 5.84. The fourth-order valence-corrected chi connectivity index (χ4v) is 1.65. The molecule has 0 spiro atoms. The van der Waals surface area contributed by atoms with Crippen molar-refractivity contribution in [3.05, 3.63) is 29.8 Å². The molecule has 0 saturated heterocycles. The lowest BCUT2D eigenvalue weighted by atomic mass is 10.1. The van der Waals surface area contributed by atoms with Gasteiger partial charge in [0.25, 0.3) is 0 Å². The molecule has 0 heterocycles. The monoisotopic (exact) mass is 222 g/mol. The van der Waals surface area contributed by atoms with Gasteiger partial charge >= 0.3 is 0 Å². The van der Waals surface area contributed by atoms with Gasteiger partial charge in [-0.25, -0.2) is 0 Å². The molecule has 0 aliphatic heterocycles. The van der Waals surface area contributed by atoms with E-state index in [1.54, 1.807) is 7.11 Å². The Balaban J connectivity index is 2.42. The molecule has 1 unspecified atom stereocenters. The smallest absolute Gasteiger partial charge is 0.123 e. The van der Waals surface area contributed by atoms with Crippen molar-refractivity contribution in [3.63, 3.8) is 0 Å². The van der Waals surface area contributed by atoms with E-state index in [0.717, 1.165) is 31.8 Å². The van der Waals surface area contributed by atoms with E-state index in [-0.39, 0.29) is 0 Å². The van der Waals surface area contributed by atoms with Crippen molar-refractivity contribution in [1.82, 2.24) is 5.32 Å². The first-order valence-corrected chi connectivity index (χ1v) is 5.84. The highest BCUT2D eigenvalue weighted by atomic mass is 16.5. The third kappa shape index (κ3) is 3.83. The van der Waals surface area contributed by atoms with Crippen molar-refractivity contribution in [2.45, 2.75) is 19.9 Å². The van der Waals surface area contributed by atoms with Gasteiger partial charge in [-0.1, -0.05) is 31.5 Å². The quantitative estimate of drug-likeness (QED) is 0.739. The van der Waals surface area contributed by atoms with E-state index in [4.69, 9.17) is 10.5 Å². The number of para-hydroxylation sites is 1. The molecule has 16 heavy (non-hydrogen) atoms. The summed E-state index contributed by atoms with van der Waals surface area (Å²) in [5.41, 5.74) is 6.85. The van der Waals surface area contributed by atoms with Crippen LogP contribution in [0.1, 0.15) is 18.9 Å². The molecule has 1 aromatic rings. The van der Waals surface area contributed by atoms with Crippen LogP contribution in [0.5, 0.6) is 5.75 Å². The lowest BCUT2D eigenvalue weighted by Crippen LogP contribution is -2.27. The van der Waals surface area contributed by atoms with E-state index < -0.39 is 0 Å². The SMILES string of the molecule is CCC(CN)CNCc1ccccc1OC. The Morgan fingerprint density at radius 3 is 2.75 bits per heavy atom. The predicted octanol–water partition coefficient (Wildman–Crippen LogP) is 1.77. The summed E-state index contributed by atoms with van der Waals surface area (Å²) in [5, 5.41) is 3.42. The van der Waals surface area contributed by atoms with Gasteiger partial charge in [0.2, 0.25) is 0 Å². The molecule has 1 rings (SSSR count). The molecular weight excluding hydrogens is 200 g/mol. The van der Waals surface area contributed by atoms with Gasteiger partial charge in [0, 0.05) is 12.1 Å². The van der Waals surface area contributed by atoms with Crippen LogP contribution in [0.25, 0.3) is 0 Å². The molecule has 0 amide bonds. The zero-order valence-corrected chi connectivity index (χ0v) is 10.2.